The van der Waals surface area contributed by atoms with E-state index in [2.05, 4.69) is 16.8 Å². The number of aryl methyl sites for hydroxylation is 2. The van der Waals surface area contributed by atoms with Gasteiger partial charge in [0.1, 0.15) is 5.82 Å². The number of rotatable bonds is 2. The molecule has 0 aromatic carbocycles. The number of carbonyl (C=O) groups is 1. The first-order chi connectivity index (χ1) is 12.9. The van der Waals surface area contributed by atoms with Crippen molar-refractivity contribution in [2.75, 3.05) is 26.7 Å². The van der Waals surface area contributed by atoms with E-state index in [1.165, 1.54) is 10.4 Å². The van der Waals surface area contributed by atoms with Crippen LogP contribution in [0.5, 0.6) is 0 Å². The number of aromatic nitrogens is 2. The number of nitrogens with one attached hydrogen (secondary N) is 1. The fourth-order valence-electron chi connectivity index (χ4n) is 3.99. The van der Waals surface area contributed by atoms with Crippen molar-refractivity contribution in [3.63, 3.8) is 0 Å². The Morgan fingerprint density at radius 3 is 2.89 bits per heavy atom. The number of aromatic amines is 1. The van der Waals surface area contributed by atoms with Crippen molar-refractivity contribution in [3.05, 3.63) is 48.8 Å². The highest BCUT2D eigenvalue weighted by atomic mass is 32.1. The maximum absolute atomic E-state index is 12.9. The number of amides is 1. The number of likely N-dealkylation sites (tertiary alicyclic amines) is 1. The lowest BCUT2D eigenvalue weighted by Crippen LogP contribution is -2.40. The molecule has 0 aliphatic carbocycles. The van der Waals surface area contributed by atoms with Crippen LogP contribution in [0.15, 0.2) is 10.9 Å². The number of nitrogens with zero attached hydrogens (tertiary/aromatic N) is 3. The van der Waals surface area contributed by atoms with Gasteiger partial charge in [0.15, 0.2) is 0 Å². The maximum atomic E-state index is 12.9. The third-order valence-corrected chi connectivity index (χ3v) is 6.89. The zero-order valence-electron chi connectivity index (χ0n) is 16.2. The van der Waals surface area contributed by atoms with Crippen LogP contribution in [-0.2, 0) is 13.0 Å². The van der Waals surface area contributed by atoms with Gasteiger partial charge in [-0.25, -0.2) is 4.98 Å². The van der Waals surface area contributed by atoms with Crippen LogP contribution in [0.2, 0.25) is 0 Å². The third kappa shape index (κ3) is 3.58. The van der Waals surface area contributed by atoms with Crippen LogP contribution in [0.4, 0.5) is 0 Å². The molecule has 2 aromatic rings. The molecule has 144 valence electrons. The molecule has 0 bridgehead atoms. The number of fused-ring (bicyclic) bond motifs is 1. The van der Waals surface area contributed by atoms with Crippen molar-refractivity contribution < 1.29 is 4.79 Å². The molecule has 1 N–H and O–H groups in total. The summed E-state index contributed by atoms with van der Waals surface area (Å²) in [6.45, 7) is 7.07. The minimum atomic E-state index is -0.0190. The smallest absolute Gasteiger partial charge is 0.263 e. The highest BCUT2D eigenvalue weighted by Crippen LogP contribution is 2.28. The number of H-pyrrole nitrogens is 1. The van der Waals surface area contributed by atoms with E-state index in [-0.39, 0.29) is 17.4 Å². The van der Waals surface area contributed by atoms with Gasteiger partial charge in [0, 0.05) is 43.4 Å². The van der Waals surface area contributed by atoms with Gasteiger partial charge in [0.05, 0.1) is 16.1 Å². The Bertz CT molecular complexity index is 913. The van der Waals surface area contributed by atoms with Crippen molar-refractivity contribution in [2.45, 2.75) is 45.6 Å². The third-order valence-electron chi connectivity index (χ3n) is 5.75. The average Bonchev–Trinajstić information content (AvgIpc) is 3.00. The molecule has 1 fully saturated rings. The Morgan fingerprint density at radius 2 is 2.15 bits per heavy atom. The van der Waals surface area contributed by atoms with Crippen molar-refractivity contribution in [1.29, 1.82) is 0 Å². The molecule has 1 saturated heterocycles. The molecule has 1 unspecified atom stereocenters. The number of piperidine rings is 1. The second-order valence-electron chi connectivity index (χ2n) is 7.80. The van der Waals surface area contributed by atoms with Gasteiger partial charge < -0.3 is 14.8 Å². The normalized spacial score (nSPS) is 20.6. The minimum absolute atomic E-state index is 0.0190. The van der Waals surface area contributed by atoms with Crippen LogP contribution in [0.3, 0.4) is 0 Å². The molecule has 1 atom stereocenters. The van der Waals surface area contributed by atoms with Crippen LogP contribution in [0.1, 0.15) is 56.0 Å². The van der Waals surface area contributed by atoms with Gasteiger partial charge in [-0.3, -0.25) is 9.59 Å². The molecule has 0 spiro atoms. The van der Waals surface area contributed by atoms with Crippen LogP contribution < -0.4 is 5.56 Å². The quantitative estimate of drug-likeness (QED) is 0.861. The van der Waals surface area contributed by atoms with E-state index in [4.69, 9.17) is 4.98 Å². The van der Waals surface area contributed by atoms with Gasteiger partial charge in [-0.1, -0.05) is 0 Å². The molecule has 7 heteroatoms. The van der Waals surface area contributed by atoms with E-state index in [1.807, 2.05) is 24.9 Å². The molecule has 2 aromatic heterocycles. The van der Waals surface area contributed by atoms with Crippen molar-refractivity contribution >= 4 is 17.2 Å². The van der Waals surface area contributed by atoms with Crippen LogP contribution in [0, 0.1) is 13.8 Å². The van der Waals surface area contributed by atoms with Gasteiger partial charge in [0.2, 0.25) is 0 Å². The van der Waals surface area contributed by atoms with E-state index >= 15 is 0 Å². The monoisotopic (exact) mass is 386 g/mol. The zero-order valence-corrected chi connectivity index (χ0v) is 17.0. The van der Waals surface area contributed by atoms with Crippen LogP contribution in [0.25, 0.3) is 0 Å². The molecule has 1 amide bonds. The highest BCUT2D eigenvalue weighted by Gasteiger charge is 2.29. The van der Waals surface area contributed by atoms with E-state index in [0.717, 1.165) is 54.3 Å². The van der Waals surface area contributed by atoms with E-state index in [0.29, 0.717) is 13.1 Å². The molecular formula is C20H26N4O2S. The van der Waals surface area contributed by atoms with E-state index in [1.54, 1.807) is 11.3 Å². The van der Waals surface area contributed by atoms with Crippen molar-refractivity contribution in [3.8, 4) is 0 Å². The molecule has 0 saturated carbocycles. The molecule has 2 aliphatic heterocycles. The summed E-state index contributed by atoms with van der Waals surface area (Å²) in [4.78, 5) is 39.3. The summed E-state index contributed by atoms with van der Waals surface area (Å²) < 4.78 is 0. The summed E-state index contributed by atoms with van der Waals surface area (Å²) >= 11 is 1.57. The summed E-state index contributed by atoms with van der Waals surface area (Å²) in [6, 6.07) is 1.99. The fraction of sp³-hybridized carbons (Fsp3) is 0.550. The summed E-state index contributed by atoms with van der Waals surface area (Å²) in [5, 5.41) is 0. The van der Waals surface area contributed by atoms with Crippen LogP contribution in [-0.4, -0.2) is 52.4 Å². The fourth-order valence-corrected chi connectivity index (χ4v) is 4.99. The lowest BCUT2D eigenvalue weighted by atomic mass is 9.96. The lowest BCUT2D eigenvalue weighted by Gasteiger charge is -2.32. The molecule has 2 aliphatic rings. The topological polar surface area (TPSA) is 69.3 Å². The first-order valence-corrected chi connectivity index (χ1v) is 10.4. The molecule has 27 heavy (non-hydrogen) atoms. The van der Waals surface area contributed by atoms with Gasteiger partial charge in [-0.05, 0) is 45.4 Å². The Hall–Kier alpha value is -1.99. The Labute approximate surface area is 163 Å². The molecule has 6 nitrogen and oxygen atoms in total. The predicted octanol–water partition coefficient (Wildman–Crippen LogP) is 2.46. The maximum Gasteiger partial charge on any atom is 0.263 e. The summed E-state index contributed by atoms with van der Waals surface area (Å²) in [5.74, 6) is 0.949. The number of carbonyl (C=O) groups excluding carboxylic acids is 1. The second kappa shape index (κ2) is 7.20. The van der Waals surface area contributed by atoms with Gasteiger partial charge >= 0.3 is 0 Å². The molecule has 4 heterocycles. The Balaban J connectivity index is 1.56. The number of likely N-dealkylation sites (N-methyl/N-ethyl adjacent to an activating group) is 1. The van der Waals surface area contributed by atoms with Gasteiger partial charge in [-0.2, -0.15) is 0 Å². The summed E-state index contributed by atoms with van der Waals surface area (Å²) in [5.41, 5.74) is 2.87. The van der Waals surface area contributed by atoms with Gasteiger partial charge in [-0.15, -0.1) is 11.3 Å². The zero-order chi connectivity index (χ0) is 19.1. The first-order valence-electron chi connectivity index (χ1n) is 9.59. The first kappa shape index (κ1) is 18.4. The van der Waals surface area contributed by atoms with Crippen LogP contribution >= 0.6 is 11.3 Å². The van der Waals surface area contributed by atoms with Gasteiger partial charge in [0.25, 0.3) is 11.5 Å². The SMILES string of the molecule is Cc1cc(C(=O)N2CCCC(c3nc4c(c(=O)[nH]3)CN(C)CC4)C2)sc1C. The average molecular weight is 387 g/mol. The van der Waals surface area contributed by atoms with E-state index < -0.39 is 0 Å². The van der Waals surface area contributed by atoms with E-state index in [9.17, 15) is 9.59 Å². The number of hydrogen-bond donors (Lipinski definition) is 1. The Morgan fingerprint density at radius 1 is 1.33 bits per heavy atom. The minimum Gasteiger partial charge on any atom is -0.337 e. The highest BCUT2D eigenvalue weighted by molar-refractivity contribution is 7.14. The molecular weight excluding hydrogens is 360 g/mol. The largest absolute Gasteiger partial charge is 0.337 e. The second-order valence-corrected chi connectivity index (χ2v) is 9.06. The number of thiophene rings is 1. The molecule has 0 radical (unpaired) electrons. The Kier molecular flexibility index (Phi) is 4.90. The predicted molar refractivity (Wildman–Crippen MR) is 107 cm³/mol. The summed E-state index contributed by atoms with van der Waals surface area (Å²) in [7, 11) is 2.02. The number of hydrogen-bond acceptors (Lipinski definition) is 5. The van der Waals surface area contributed by atoms with Crippen molar-refractivity contribution in [2.24, 2.45) is 0 Å². The lowest BCUT2D eigenvalue weighted by molar-refractivity contribution is 0.0709. The standard InChI is InChI=1S/C20H26N4O2S/c1-12-9-17(27-13(12)2)20(26)24-7-4-5-14(10-24)18-21-16-6-8-23(3)11-15(16)19(25)22-18/h9,14H,4-8,10-11H2,1-3H3,(H,21,22,25). The van der Waals surface area contributed by atoms with Crippen molar-refractivity contribution in [1.82, 2.24) is 19.8 Å². The summed E-state index contributed by atoms with van der Waals surface area (Å²) in [6.07, 6.45) is 2.70. The molecule has 4 rings (SSSR count).